The summed E-state index contributed by atoms with van der Waals surface area (Å²) in [6.45, 7) is 7.97. The Kier molecular flexibility index (Phi) is 7.65. The van der Waals surface area contributed by atoms with E-state index in [0.29, 0.717) is 5.92 Å². The van der Waals surface area contributed by atoms with Gasteiger partial charge in [0.05, 0.1) is 0 Å². The van der Waals surface area contributed by atoms with Gasteiger partial charge in [-0.25, -0.2) is 0 Å². The van der Waals surface area contributed by atoms with E-state index in [4.69, 9.17) is 0 Å². The van der Waals surface area contributed by atoms with Gasteiger partial charge >= 0.3 is 0 Å². The predicted octanol–water partition coefficient (Wildman–Crippen LogP) is 3.44. The summed E-state index contributed by atoms with van der Waals surface area (Å²) in [6.07, 6.45) is 3.83. The summed E-state index contributed by atoms with van der Waals surface area (Å²) in [5.41, 5.74) is 1.35. The third-order valence-corrected chi connectivity index (χ3v) is 5.25. The average molecular weight is 442 g/mol. The number of nitrogens with zero attached hydrogens (tertiary/aromatic N) is 3. The van der Waals surface area contributed by atoms with Crippen LogP contribution in [0.5, 0.6) is 0 Å². The number of anilines is 1. The lowest BCUT2D eigenvalue weighted by Gasteiger charge is -2.33. The largest absolute Gasteiger partial charge is 0.371 e. The first kappa shape index (κ1) is 19.3. The summed E-state index contributed by atoms with van der Waals surface area (Å²) in [7, 11) is 1.91. The predicted molar refractivity (Wildman–Crippen MR) is 114 cm³/mol. The van der Waals surface area contributed by atoms with E-state index in [0.717, 1.165) is 44.6 Å². The molecule has 0 radical (unpaired) electrons. The first-order valence-corrected chi connectivity index (χ1v) is 9.02. The first-order valence-electron chi connectivity index (χ1n) is 9.02. The van der Waals surface area contributed by atoms with Crippen LogP contribution in [0.4, 0.5) is 5.69 Å². The molecule has 2 heterocycles. The minimum absolute atomic E-state index is 0. The number of rotatable bonds is 3. The van der Waals surface area contributed by atoms with Crippen molar-refractivity contribution in [1.29, 1.82) is 0 Å². The van der Waals surface area contributed by atoms with Crippen molar-refractivity contribution in [3.63, 3.8) is 0 Å². The lowest BCUT2D eigenvalue weighted by Crippen LogP contribution is -2.46. The normalized spacial score (nSPS) is 22.4. The van der Waals surface area contributed by atoms with Crippen molar-refractivity contribution >= 4 is 35.6 Å². The summed E-state index contributed by atoms with van der Waals surface area (Å²) in [5, 5.41) is 3.62. The molecule has 2 aliphatic heterocycles. The molecule has 2 fully saturated rings. The van der Waals surface area contributed by atoms with Crippen LogP contribution in [0.15, 0.2) is 35.3 Å². The molecule has 0 aromatic heterocycles. The Labute approximate surface area is 163 Å². The van der Waals surface area contributed by atoms with Gasteiger partial charge in [-0.15, -0.1) is 24.0 Å². The number of para-hydroxylation sites is 1. The van der Waals surface area contributed by atoms with Crippen LogP contribution in [0.3, 0.4) is 0 Å². The number of hydrogen-bond acceptors (Lipinski definition) is 2. The average Bonchev–Trinajstić information content (AvgIpc) is 3.07. The highest BCUT2D eigenvalue weighted by atomic mass is 127. The van der Waals surface area contributed by atoms with Crippen LogP contribution >= 0.6 is 24.0 Å². The lowest BCUT2D eigenvalue weighted by molar-refractivity contribution is 0.272. The zero-order valence-electron chi connectivity index (χ0n) is 14.9. The Morgan fingerprint density at radius 3 is 2.50 bits per heavy atom. The van der Waals surface area contributed by atoms with Crippen LogP contribution in [-0.2, 0) is 0 Å². The van der Waals surface area contributed by atoms with Crippen molar-refractivity contribution in [2.24, 2.45) is 16.8 Å². The summed E-state index contributed by atoms with van der Waals surface area (Å²) < 4.78 is 0. The van der Waals surface area contributed by atoms with Gasteiger partial charge in [-0.1, -0.05) is 25.1 Å². The molecule has 1 aromatic rings. The molecule has 24 heavy (non-hydrogen) atoms. The zero-order valence-corrected chi connectivity index (χ0v) is 17.3. The molecule has 2 aliphatic rings. The van der Waals surface area contributed by atoms with E-state index < -0.39 is 0 Å². The second-order valence-corrected chi connectivity index (χ2v) is 7.03. The van der Waals surface area contributed by atoms with Gasteiger partial charge in [0.2, 0.25) is 0 Å². The van der Waals surface area contributed by atoms with E-state index in [-0.39, 0.29) is 24.0 Å². The summed E-state index contributed by atoms with van der Waals surface area (Å²) in [5.74, 6) is 2.66. The van der Waals surface area contributed by atoms with Crippen molar-refractivity contribution < 1.29 is 0 Å². The fraction of sp³-hybridized carbons (Fsp3) is 0.632. The van der Waals surface area contributed by atoms with Gasteiger partial charge in [-0.2, -0.15) is 0 Å². The monoisotopic (exact) mass is 442 g/mol. The van der Waals surface area contributed by atoms with Gasteiger partial charge in [0.25, 0.3) is 0 Å². The highest BCUT2D eigenvalue weighted by Crippen LogP contribution is 2.23. The van der Waals surface area contributed by atoms with Crippen LogP contribution in [-0.4, -0.2) is 50.6 Å². The van der Waals surface area contributed by atoms with E-state index in [9.17, 15) is 0 Å². The summed E-state index contributed by atoms with van der Waals surface area (Å²) in [4.78, 5) is 9.41. The zero-order chi connectivity index (χ0) is 16.1. The standard InChI is InChI=1S/C19H30N4.HI/c1-16-8-11-22(12-9-16)19(20-2)21-14-17-10-13-23(15-17)18-6-4-3-5-7-18;/h3-7,16-17H,8-15H2,1-2H3,(H,20,21);1H. The van der Waals surface area contributed by atoms with Crippen molar-refractivity contribution in [1.82, 2.24) is 10.2 Å². The molecule has 1 N–H and O–H groups in total. The second kappa shape index (κ2) is 9.49. The number of aliphatic imine (C=N–C) groups is 1. The van der Waals surface area contributed by atoms with E-state index >= 15 is 0 Å². The maximum Gasteiger partial charge on any atom is 0.193 e. The van der Waals surface area contributed by atoms with Gasteiger partial charge in [0.15, 0.2) is 5.96 Å². The highest BCUT2D eigenvalue weighted by Gasteiger charge is 2.24. The van der Waals surface area contributed by atoms with Gasteiger partial charge in [-0.05, 0) is 43.2 Å². The van der Waals surface area contributed by atoms with Crippen molar-refractivity contribution in [3.05, 3.63) is 30.3 Å². The van der Waals surface area contributed by atoms with Crippen LogP contribution in [0.1, 0.15) is 26.2 Å². The third-order valence-electron chi connectivity index (χ3n) is 5.25. The molecule has 3 rings (SSSR count). The molecule has 0 saturated carbocycles. The third kappa shape index (κ3) is 5.01. The Bertz CT molecular complexity index is 511. The fourth-order valence-corrected chi connectivity index (χ4v) is 3.66. The minimum Gasteiger partial charge on any atom is -0.371 e. The molecule has 0 spiro atoms. The smallest absolute Gasteiger partial charge is 0.193 e. The maximum atomic E-state index is 4.49. The van der Waals surface area contributed by atoms with Crippen LogP contribution in [0, 0.1) is 11.8 Å². The highest BCUT2D eigenvalue weighted by molar-refractivity contribution is 14.0. The Balaban J connectivity index is 0.00000208. The number of likely N-dealkylation sites (tertiary alicyclic amines) is 1. The molecule has 134 valence electrons. The number of guanidine groups is 1. The van der Waals surface area contributed by atoms with E-state index in [1.807, 2.05) is 7.05 Å². The Hall–Kier alpha value is -0.980. The Morgan fingerprint density at radius 1 is 1.12 bits per heavy atom. The number of nitrogens with one attached hydrogen (secondary N) is 1. The second-order valence-electron chi connectivity index (χ2n) is 7.03. The SMILES string of the molecule is CN=C(NCC1CCN(c2ccccc2)C1)N1CCC(C)CC1.I. The van der Waals surface area contributed by atoms with E-state index in [1.165, 1.54) is 24.9 Å². The number of benzene rings is 1. The first-order chi connectivity index (χ1) is 11.3. The van der Waals surface area contributed by atoms with Crippen molar-refractivity contribution in [2.45, 2.75) is 26.2 Å². The van der Waals surface area contributed by atoms with Gasteiger partial charge in [0.1, 0.15) is 0 Å². The van der Waals surface area contributed by atoms with Crippen LogP contribution in [0.25, 0.3) is 0 Å². The number of hydrogen-bond donors (Lipinski definition) is 1. The quantitative estimate of drug-likeness (QED) is 0.442. The fourth-order valence-electron chi connectivity index (χ4n) is 3.66. The molecule has 5 heteroatoms. The molecule has 1 unspecified atom stereocenters. The minimum atomic E-state index is 0. The van der Waals surface area contributed by atoms with Crippen LogP contribution < -0.4 is 10.2 Å². The van der Waals surface area contributed by atoms with Crippen LogP contribution in [0.2, 0.25) is 0 Å². The molecule has 0 bridgehead atoms. The van der Waals surface area contributed by atoms with E-state index in [2.05, 4.69) is 57.4 Å². The molecule has 2 saturated heterocycles. The topological polar surface area (TPSA) is 30.9 Å². The molecule has 1 aromatic carbocycles. The summed E-state index contributed by atoms with van der Waals surface area (Å²) in [6, 6.07) is 10.8. The van der Waals surface area contributed by atoms with Gasteiger partial charge in [-0.3, -0.25) is 4.99 Å². The summed E-state index contributed by atoms with van der Waals surface area (Å²) >= 11 is 0. The molecular weight excluding hydrogens is 411 g/mol. The van der Waals surface area contributed by atoms with Gasteiger partial charge in [0, 0.05) is 45.5 Å². The van der Waals surface area contributed by atoms with Crippen molar-refractivity contribution in [2.75, 3.05) is 44.7 Å². The number of halogens is 1. The molecule has 1 atom stereocenters. The molecule has 4 nitrogen and oxygen atoms in total. The number of piperidine rings is 1. The molecule has 0 aliphatic carbocycles. The molecular formula is C19H31IN4. The van der Waals surface area contributed by atoms with E-state index in [1.54, 1.807) is 0 Å². The maximum absolute atomic E-state index is 4.49. The lowest BCUT2D eigenvalue weighted by atomic mass is 9.99. The Morgan fingerprint density at radius 2 is 1.83 bits per heavy atom. The van der Waals surface area contributed by atoms with Crippen molar-refractivity contribution in [3.8, 4) is 0 Å². The molecule has 0 amide bonds. The van der Waals surface area contributed by atoms with Gasteiger partial charge < -0.3 is 15.1 Å².